The van der Waals surface area contributed by atoms with Crippen LogP contribution in [0.15, 0.2) is 48.5 Å². The molecule has 1 N–H and O–H groups in total. The number of benzene rings is 2. The molecule has 21 heavy (non-hydrogen) atoms. The van der Waals surface area contributed by atoms with E-state index in [2.05, 4.69) is 54.7 Å². The van der Waals surface area contributed by atoms with E-state index in [1.165, 1.54) is 23.1 Å². The summed E-state index contributed by atoms with van der Waals surface area (Å²) in [5, 5.41) is 3.65. The number of nitrogens with one attached hydrogen (secondary N) is 1. The fraction of sp³-hybridized carbons (Fsp3) is 0.333. The highest BCUT2D eigenvalue weighted by Crippen LogP contribution is 2.40. The number of hydrogen-bond donors (Lipinski definition) is 1. The molecule has 1 saturated carbocycles. The van der Waals surface area contributed by atoms with E-state index in [4.69, 9.17) is 4.74 Å². The third-order valence-electron chi connectivity index (χ3n) is 4.05. The predicted octanol–water partition coefficient (Wildman–Crippen LogP) is 4.07. The van der Waals surface area contributed by atoms with Crippen LogP contribution in [0.3, 0.4) is 0 Å². The van der Waals surface area contributed by atoms with Gasteiger partial charge in [0.15, 0.2) is 0 Å². The molecule has 0 amide bonds. The van der Waals surface area contributed by atoms with Crippen molar-refractivity contribution in [2.45, 2.75) is 31.8 Å². The van der Waals surface area contributed by atoms with Crippen LogP contribution < -0.4 is 10.1 Å². The quantitative estimate of drug-likeness (QED) is 0.899. The van der Waals surface area contributed by atoms with Crippen LogP contribution in [0.4, 0.5) is 0 Å². The van der Waals surface area contributed by atoms with Gasteiger partial charge < -0.3 is 10.1 Å². The molecule has 1 fully saturated rings. The van der Waals surface area contributed by atoms with Crippen molar-refractivity contribution in [2.24, 2.45) is 0 Å². The number of aryl methyl sites for hydroxylation is 1. The van der Waals surface area contributed by atoms with Crippen LogP contribution in [0, 0.1) is 6.92 Å². The SMILES string of the molecule is COc1ccc(CN[C@H]2CC2c2ccccc2)cc1C.Cl. The monoisotopic (exact) mass is 303 g/mol. The topological polar surface area (TPSA) is 21.3 Å². The molecule has 2 nitrogen and oxygen atoms in total. The summed E-state index contributed by atoms with van der Waals surface area (Å²) in [5.74, 6) is 1.65. The van der Waals surface area contributed by atoms with Crippen LogP contribution in [0.25, 0.3) is 0 Å². The number of ether oxygens (including phenoxy) is 1. The van der Waals surface area contributed by atoms with E-state index in [1.54, 1.807) is 7.11 Å². The summed E-state index contributed by atoms with van der Waals surface area (Å²) in [5.41, 5.74) is 3.97. The van der Waals surface area contributed by atoms with Crippen LogP contribution in [0.5, 0.6) is 5.75 Å². The van der Waals surface area contributed by atoms with Crippen molar-refractivity contribution in [1.82, 2.24) is 5.32 Å². The summed E-state index contributed by atoms with van der Waals surface area (Å²) in [6.07, 6.45) is 1.25. The first kappa shape index (κ1) is 15.9. The summed E-state index contributed by atoms with van der Waals surface area (Å²) in [6.45, 7) is 3.02. The van der Waals surface area contributed by atoms with E-state index >= 15 is 0 Å². The maximum Gasteiger partial charge on any atom is 0.121 e. The Morgan fingerprint density at radius 2 is 1.90 bits per heavy atom. The van der Waals surface area contributed by atoms with Gasteiger partial charge in [0.1, 0.15) is 5.75 Å². The molecule has 0 saturated heterocycles. The molecule has 0 spiro atoms. The van der Waals surface area contributed by atoms with Crippen LogP contribution in [-0.2, 0) is 6.54 Å². The van der Waals surface area contributed by atoms with Crippen molar-refractivity contribution in [3.05, 3.63) is 65.2 Å². The van der Waals surface area contributed by atoms with Gasteiger partial charge in [-0.1, -0.05) is 42.5 Å². The summed E-state index contributed by atoms with van der Waals surface area (Å²) < 4.78 is 5.29. The molecule has 1 unspecified atom stereocenters. The fourth-order valence-electron chi connectivity index (χ4n) is 2.79. The van der Waals surface area contributed by atoms with Gasteiger partial charge in [0, 0.05) is 18.5 Å². The van der Waals surface area contributed by atoms with Gasteiger partial charge in [-0.15, -0.1) is 12.4 Å². The molecule has 1 aliphatic rings. The molecule has 0 bridgehead atoms. The molecule has 2 atom stereocenters. The second-order valence-corrected chi connectivity index (χ2v) is 5.54. The molecular formula is C18H22ClNO. The van der Waals surface area contributed by atoms with Crippen LogP contribution in [0.1, 0.15) is 29.0 Å². The largest absolute Gasteiger partial charge is 0.496 e. The molecule has 3 heteroatoms. The highest BCUT2D eigenvalue weighted by Gasteiger charge is 2.37. The molecule has 0 aliphatic heterocycles. The van der Waals surface area contributed by atoms with E-state index in [-0.39, 0.29) is 12.4 Å². The van der Waals surface area contributed by atoms with Gasteiger partial charge in [-0.2, -0.15) is 0 Å². The van der Waals surface area contributed by atoms with Crippen LogP contribution >= 0.6 is 12.4 Å². The molecular weight excluding hydrogens is 282 g/mol. The first-order chi connectivity index (χ1) is 9.78. The third-order valence-corrected chi connectivity index (χ3v) is 4.05. The van der Waals surface area contributed by atoms with Crippen LogP contribution in [-0.4, -0.2) is 13.2 Å². The molecule has 2 aromatic rings. The second-order valence-electron chi connectivity index (χ2n) is 5.54. The Kier molecular flexibility index (Phi) is 5.27. The van der Waals surface area contributed by atoms with Gasteiger partial charge >= 0.3 is 0 Å². The molecule has 0 heterocycles. The lowest BCUT2D eigenvalue weighted by molar-refractivity contribution is 0.411. The van der Waals surface area contributed by atoms with Gasteiger partial charge in [-0.25, -0.2) is 0 Å². The van der Waals surface area contributed by atoms with Gasteiger partial charge in [-0.05, 0) is 36.1 Å². The zero-order chi connectivity index (χ0) is 13.9. The number of rotatable bonds is 5. The minimum Gasteiger partial charge on any atom is -0.496 e. The molecule has 1 aliphatic carbocycles. The number of halogens is 1. The van der Waals surface area contributed by atoms with Crippen molar-refractivity contribution in [3.8, 4) is 5.75 Å². The highest BCUT2D eigenvalue weighted by molar-refractivity contribution is 5.85. The van der Waals surface area contributed by atoms with Crippen molar-refractivity contribution in [2.75, 3.05) is 7.11 Å². The summed E-state index contributed by atoms with van der Waals surface area (Å²) >= 11 is 0. The first-order valence-electron chi connectivity index (χ1n) is 7.20. The van der Waals surface area contributed by atoms with Gasteiger partial charge in [0.2, 0.25) is 0 Å². The van der Waals surface area contributed by atoms with E-state index in [0.717, 1.165) is 12.3 Å². The van der Waals surface area contributed by atoms with E-state index in [0.29, 0.717) is 12.0 Å². The Bertz CT molecular complexity index is 585. The van der Waals surface area contributed by atoms with Crippen molar-refractivity contribution < 1.29 is 4.74 Å². The minimum absolute atomic E-state index is 0. The van der Waals surface area contributed by atoms with Gasteiger partial charge in [-0.3, -0.25) is 0 Å². The molecule has 3 rings (SSSR count). The Balaban J connectivity index is 0.00000161. The summed E-state index contributed by atoms with van der Waals surface area (Å²) in [6, 6.07) is 17.8. The Morgan fingerprint density at radius 3 is 2.57 bits per heavy atom. The molecule has 0 aromatic heterocycles. The van der Waals surface area contributed by atoms with E-state index < -0.39 is 0 Å². The average Bonchev–Trinajstić information content (AvgIpc) is 3.26. The molecule has 2 aromatic carbocycles. The summed E-state index contributed by atoms with van der Waals surface area (Å²) in [7, 11) is 1.72. The Labute approximate surface area is 132 Å². The minimum atomic E-state index is 0. The zero-order valence-corrected chi connectivity index (χ0v) is 13.3. The number of methoxy groups -OCH3 is 1. The zero-order valence-electron chi connectivity index (χ0n) is 12.5. The fourth-order valence-corrected chi connectivity index (χ4v) is 2.79. The lowest BCUT2D eigenvalue weighted by Crippen LogP contribution is -2.17. The van der Waals surface area contributed by atoms with Gasteiger partial charge in [0.25, 0.3) is 0 Å². The molecule has 112 valence electrons. The predicted molar refractivity (Wildman–Crippen MR) is 89.4 cm³/mol. The Hall–Kier alpha value is -1.51. The Morgan fingerprint density at radius 1 is 1.14 bits per heavy atom. The van der Waals surface area contributed by atoms with E-state index in [9.17, 15) is 0 Å². The van der Waals surface area contributed by atoms with E-state index in [1.807, 2.05) is 6.07 Å². The number of hydrogen-bond acceptors (Lipinski definition) is 2. The normalized spacial score (nSPS) is 19.7. The smallest absolute Gasteiger partial charge is 0.121 e. The average molecular weight is 304 g/mol. The highest BCUT2D eigenvalue weighted by atomic mass is 35.5. The second kappa shape index (κ2) is 6.97. The molecule has 0 radical (unpaired) electrons. The lowest BCUT2D eigenvalue weighted by atomic mass is 10.1. The van der Waals surface area contributed by atoms with Crippen LogP contribution in [0.2, 0.25) is 0 Å². The standard InChI is InChI=1S/C18H21NO.ClH/c1-13-10-14(8-9-18(13)20-2)12-19-17-11-16(17)15-6-4-3-5-7-15;/h3-10,16-17,19H,11-12H2,1-2H3;1H/t16?,17-;/m0./s1. The van der Waals surface area contributed by atoms with Crippen molar-refractivity contribution in [3.63, 3.8) is 0 Å². The van der Waals surface area contributed by atoms with Gasteiger partial charge in [0.05, 0.1) is 7.11 Å². The lowest BCUT2D eigenvalue weighted by Gasteiger charge is -2.08. The first-order valence-corrected chi connectivity index (χ1v) is 7.20. The van der Waals surface area contributed by atoms with Crippen molar-refractivity contribution in [1.29, 1.82) is 0 Å². The maximum absolute atomic E-state index is 5.29. The van der Waals surface area contributed by atoms with Crippen molar-refractivity contribution >= 4 is 12.4 Å². The third kappa shape index (κ3) is 3.78. The maximum atomic E-state index is 5.29. The summed E-state index contributed by atoms with van der Waals surface area (Å²) in [4.78, 5) is 0.